The van der Waals surface area contributed by atoms with Crippen molar-refractivity contribution < 1.29 is 23.9 Å². The van der Waals surface area contributed by atoms with Gasteiger partial charge in [-0.15, -0.1) is 0 Å². The zero-order chi connectivity index (χ0) is 22.8. The molecule has 0 saturated carbocycles. The number of ether oxygens (including phenoxy) is 1. The van der Waals surface area contributed by atoms with Gasteiger partial charge < -0.3 is 4.74 Å². The van der Waals surface area contributed by atoms with Gasteiger partial charge in [0.2, 0.25) is 11.8 Å². The molecule has 2 aliphatic rings. The quantitative estimate of drug-likeness (QED) is 0.720. The lowest BCUT2D eigenvalue weighted by atomic mass is 10.0. The van der Waals surface area contributed by atoms with E-state index in [1.165, 1.54) is 0 Å². The Kier molecular flexibility index (Phi) is 11.1. The van der Waals surface area contributed by atoms with Crippen molar-refractivity contribution in [3.05, 3.63) is 35.4 Å². The van der Waals surface area contributed by atoms with Gasteiger partial charge in [-0.3, -0.25) is 29.4 Å². The van der Waals surface area contributed by atoms with Gasteiger partial charge in [-0.1, -0.05) is 39.8 Å². The van der Waals surface area contributed by atoms with Gasteiger partial charge in [0, 0.05) is 13.5 Å². The van der Waals surface area contributed by atoms with Crippen LogP contribution in [0, 0.1) is 0 Å². The van der Waals surface area contributed by atoms with E-state index in [0.29, 0.717) is 11.1 Å². The van der Waals surface area contributed by atoms with E-state index in [2.05, 4.69) is 5.32 Å². The summed E-state index contributed by atoms with van der Waals surface area (Å²) < 4.78 is 4.94. The third-order valence-corrected chi connectivity index (χ3v) is 3.96. The van der Waals surface area contributed by atoms with Crippen LogP contribution in [0.2, 0.25) is 0 Å². The molecule has 0 radical (unpaired) electrons. The Hall–Kier alpha value is -2.54. The monoisotopic (exact) mass is 406 g/mol. The predicted octanol–water partition coefficient (Wildman–Crippen LogP) is 3.57. The number of piperidine rings is 1. The van der Waals surface area contributed by atoms with Crippen molar-refractivity contribution in [1.29, 1.82) is 0 Å². The molecule has 1 aromatic rings. The van der Waals surface area contributed by atoms with Crippen molar-refractivity contribution in [1.82, 2.24) is 10.2 Å². The van der Waals surface area contributed by atoms with Gasteiger partial charge >= 0.3 is 0 Å². The SMILES string of the molecule is CC.CC.COC(C)(C)C.O=C1CCC(N2C(=O)c3ccccc3C2=O)C(=O)N1. The first-order valence-corrected chi connectivity index (χ1v) is 10.0. The topological polar surface area (TPSA) is 92.8 Å². The zero-order valence-corrected chi connectivity index (χ0v) is 18.8. The van der Waals surface area contributed by atoms with E-state index in [1.54, 1.807) is 31.4 Å². The number of benzene rings is 1. The predicted molar refractivity (Wildman–Crippen MR) is 113 cm³/mol. The second-order valence-corrected chi connectivity index (χ2v) is 6.81. The summed E-state index contributed by atoms with van der Waals surface area (Å²) in [6.45, 7) is 14.1. The number of nitrogens with zero attached hydrogens (tertiary/aromatic N) is 1. The molecule has 0 bridgehead atoms. The first-order valence-electron chi connectivity index (χ1n) is 10.0. The first kappa shape index (κ1) is 26.5. The smallest absolute Gasteiger partial charge is 0.262 e. The van der Waals surface area contributed by atoms with Crippen molar-refractivity contribution in [2.24, 2.45) is 0 Å². The molecule has 0 aromatic heterocycles. The van der Waals surface area contributed by atoms with E-state index in [4.69, 9.17) is 4.74 Å². The summed E-state index contributed by atoms with van der Waals surface area (Å²) in [6.07, 6.45) is 0.306. The maximum Gasteiger partial charge on any atom is 0.262 e. The van der Waals surface area contributed by atoms with Crippen LogP contribution in [0.15, 0.2) is 24.3 Å². The van der Waals surface area contributed by atoms with Crippen molar-refractivity contribution >= 4 is 23.6 Å². The van der Waals surface area contributed by atoms with Gasteiger partial charge in [0.25, 0.3) is 11.8 Å². The van der Waals surface area contributed by atoms with Crippen molar-refractivity contribution in [3.63, 3.8) is 0 Å². The number of nitrogens with one attached hydrogen (secondary N) is 1. The summed E-state index contributed by atoms with van der Waals surface area (Å²) in [7, 11) is 1.71. The van der Waals surface area contributed by atoms with Crippen LogP contribution in [0.25, 0.3) is 0 Å². The molecule has 7 heteroatoms. The number of imide groups is 2. The summed E-state index contributed by atoms with van der Waals surface area (Å²) >= 11 is 0. The Labute approximate surface area is 173 Å². The molecule has 7 nitrogen and oxygen atoms in total. The lowest BCUT2D eigenvalue weighted by Crippen LogP contribution is -2.54. The highest BCUT2D eigenvalue weighted by Crippen LogP contribution is 2.26. The van der Waals surface area contributed by atoms with E-state index >= 15 is 0 Å². The Bertz CT molecular complexity index is 687. The van der Waals surface area contributed by atoms with Gasteiger partial charge in [0.15, 0.2) is 0 Å². The van der Waals surface area contributed by atoms with E-state index < -0.39 is 23.8 Å². The minimum absolute atomic E-state index is 0.0417. The van der Waals surface area contributed by atoms with E-state index in [9.17, 15) is 19.2 Å². The number of hydrogen-bond acceptors (Lipinski definition) is 5. The number of rotatable bonds is 1. The van der Waals surface area contributed by atoms with Gasteiger partial charge in [-0.05, 0) is 39.3 Å². The Balaban J connectivity index is 0.000000670. The average molecular weight is 407 g/mol. The van der Waals surface area contributed by atoms with Crippen LogP contribution in [0.5, 0.6) is 0 Å². The summed E-state index contributed by atoms with van der Waals surface area (Å²) in [5, 5.41) is 2.15. The normalized spacial score (nSPS) is 17.7. The maximum absolute atomic E-state index is 12.2. The molecule has 1 aromatic carbocycles. The second kappa shape index (κ2) is 12.1. The molecule has 3 rings (SSSR count). The Morgan fingerprint density at radius 2 is 1.34 bits per heavy atom. The number of carbonyl (C=O) groups excluding carboxylic acids is 4. The highest BCUT2D eigenvalue weighted by Gasteiger charge is 2.44. The van der Waals surface area contributed by atoms with Gasteiger partial charge in [0.1, 0.15) is 6.04 Å². The molecule has 1 N–H and O–H groups in total. The molecular weight excluding hydrogens is 372 g/mol. The summed E-state index contributed by atoms with van der Waals surface area (Å²) in [5.74, 6) is -1.92. The standard InChI is InChI=1S/C13H10N2O4.C5H12O.2C2H6/c16-10-6-5-9(11(17)14-10)15-12(18)7-3-1-2-4-8(7)13(15)19;1-5(2,3)6-4;2*1-2/h1-4,9H,5-6H2,(H,14,16,17);1-4H3;2*1-2H3. The average Bonchev–Trinajstić information content (AvgIpc) is 2.96. The van der Waals surface area contributed by atoms with E-state index in [-0.39, 0.29) is 24.3 Å². The largest absolute Gasteiger partial charge is 0.379 e. The minimum Gasteiger partial charge on any atom is -0.379 e. The van der Waals surface area contributed by atoms with Crippen LogP contribution in [0.4, 0.5) is 0 Å². The molecule has 162 valence electrons. The lowest BCUT2D eigenvalue weighted by Gasteiger charge is -2.27. The van der Waals surface area contributed by atoms with Crippen LogP contribution in [0.3, 0.4) is 0 Å². The number of amides is 4. The molecule has 2 heterocycles. The Morgan fingerprint density at radius 3 is 1.69 bits per heavy atom. The fourth-order valence-corrected chi connectivity index (χ4v) is 2.42. The zero-order valence-electron chi connectivity index (χ0n) is 18.8. The van der Waals surface area contributed by atoms with Crippen molar-refractivity contribution in [3.8, 4) is 0 Å². The molecule has 1 unspecified atom stereocenters. The second-order valence-electron chi connectivity index (χ2n) is 6.81. The number of methoxy groups -OCH3 is 1. The van der Waals surface area contributed by atoms with Crippen LogP contribution in [-0.2, 0) is 14.3 Å². The summed E-state index contributed by atoms with van der Waals surface area (Å²) in [4.78, 5) is 48.1. The highest BCUT2D eigenvalue weighted by atomic mass is 16.5. The summed E-state index contributed by atoms with van der Waals surface area (Å²) in [6, 6.07) is 5.55. The van der Waals surface area contributed by atoms with E-state index in [0.717, 1.165) is 4.90 Å². The fraction of sp³-hybridized carbons (Fsp3) is 0.545. The number of hydrogen-bond donors (Lipinski definition) is 1. The number of fused-ring (bicyclic) bond motifs is 1. The third kappa shape index (κ3) is 7.09. The van der Waals surface area contributed by atoms with Gasteiger partial charge in [-0.25, -0.2) is 0 Å². The highest BCUT2D eigenvalue weighted by molar-refractivity contribution is 6.23. The molecule has 1 saturated heterocycles. The molecule has 1 atom stereocenters. The van der Waals surface area contributed by atoms with Crippen molar-refractivity contribution in [2.45, 2.75) is 73.0 Å². The van der Waals surface area contributed by atoms with Crippen LogP contribution >= 0.6 is 0 Å². The van der Waals surface area contributed by atoms with Crippen LogP contribution in [0.1, 0.15) is 82.0 Å². The van der Waals surface area contributed by atoms with E-state index in [1.807, 2.05) is 48.5 Å². The molecule has 4 amide bonds. The first-order chi connectivity index (χ1) is 13.7. The van der Waals surface area contributed by atoms with Crippen molar-refractivity contribution in [2.75, 3.05) is 7.11 Å². The molecule has 0 spiro atoms. The lowest BCUT2D eigenvalue weighted by molar-refractivity contribution is -0.136. The summed E-state index contributed by atoms with van der Waals surface area (Å²) in [5.41, 5.74) is 0.648. The molecular formula is C22H34N2O5. The van der Waals surface area contributed by atoms with Gasteiger partial charge in [-0.2, -0.15) is 0 Å². The molecule has 1 fully saturated rings. The fourth-order valence-electron chi connectivity index (χ4n) is 2.42. The third-order valence-electron chi connectivity index (χ3n) is 3.96. The number of carbonyl (C=O) groups is 4. The van der Waals surface area contributed by atoms with Crippen LogP contribution in [-0.4, -0.2) is 47.3 Å². The minimum atomic E-state index is -0.898. The molecule has 29 heavy (non-hydrogen) atoms. The van der Waals surface area contributed by atoms with Crippen LogP contribution < -0.4 is 5.32 Å². The molecule has 0 aliphatic carbocycles. The Morgan fingerprint density at radius 1 is 0.931 bits per heavy atom. The van der Waals surface area contributed by atoms with Gasteiger partial charge in [0.05, 0.1) is 16.7 Å². The molecule has 2 aliphatic heterocycles. The maximum atomic E-state index is 12.2.